The minimum absolute atomic E-state index is 0.177. The van der Waals surface area contributed by atoms with Gasteiger partial charge in [0.15, 0.2) is 15.6 Å². The molecule has 2 rings (SSSR count). The smallest absolute Gasteiger partial charge is 0.179 e. The van der Waals surface area contributed by atoms with Crippen molar-refractivity contribution < 1.29 is 13.2 Å². The number of piperidine rings is 1. The van der Waals surface area contributed by atoms with Gasteiger partial charge in [0.2, 0.25) is 0 Å². The van der Waals surface area contributed by atoms with Crippen LogP contribution in [0.2, 0.25) is 5.02 Å². The van der Waals surface area contributed by atoms with E-state index in [1.54, 1.807) is 6.07 Å². The second kappa shape index (κ2) is 5.69. The molecule has 1 saturated heterocycles. The van der Waals surface area contributed by atoms with Crippen LogP contribution in [0.25, 0.3) is 0 Å². The van der Waals surface area contributed by atoms with Crippen molar-refractivity contribution in [2.45, 2.75) is 23.7 Å². The van der Waals surface area contributed by atoms with Gasteiger partial charge in [0.1, 0.15) is 4.90 Å². The molecular weight excluding hydrogens is 286 g/mol. The molecule has 1 aromatic carbocycles. The summed E-state index contributed by atoms with van der Waals surface area (Å²) >= 11 is 6.15. The molecule has 19 heavy (non-hydrogen) atoms. The Morgan fingerprint density at radius 1 is 1.32 bits per heavy atom. The van der Waals surface area contributed by atoms with Gasteiger partial charge in [-0.3, -0.25) is 0 Å². The molecule has 1 aromatic rings. The van der Waals surface area contributed by atoms with Gasteiger partial charge in [-0.25, -0.2) is 8.42 Å². The fraction of sp³-hybridized carbons (Fsp3) is 0.538. The third-order valence-electron chi connectivity index (χ3n) is 3.45. The van der Waals surface area contributed by atoms with E-state index in [4.69, 9.17) is 16.3 Å². The van der Waals surface area contributed by atoms with Gasteiger partial charge in [-0.1, -0.05) is 11.6 Å². The van der Waals surface area contributed by atoms with E-state index in [1.165, 1.54) is 13.4 Å². The molecule has 0 amide bonds. The minimum atomic E-state index is -3.35. The van der Waals surface area contributed by atoms with Gasteiger partial charge in [0.05, 0.1) is 12.1 Å². The summed E-state index contributed by atoms with van der Waals surface area (Å²) in [5.74, 6) is 0.590. The fourth-order valence-electron chi connectivity index (χ4n) is 2.45. The highest BCUT2D eigenvalue weighted by atomic mass is 35.5. The zero-order valence-corrected chi connectivity index (χ0v) is 12.6. The lowest BCUT2D eigenvalue weighted by molar-refractivity contribution is 0.401. The molecule has 106 valence electrons. The summed E-state index contributed by atoms with van der Waals surface area (Å²) in [4.78, 5) is 0.177. The van der Waals surface area contributed by atoms with E-state index in [2.05, 4.69) is 5.32 Å². The largest absolute Gasteiger partial charge is 0.494 e. The Morgan fingerprint density at radius 2 is 1.95 bits per heavy atom. The zero-order chi connectivity index (χ0) is 14.0. The zero-order valence-electron chi connectivity index (χ0n) is 11.1. The van der Waals surface area contributed by atoms with Crippen molar-refractivity contribution >= 4 is 21.4 Å². The molecule has 1 heterocycles. The summed E-state index contributed by atoms with van der Waals surface area (Å²) in [6.45, 7) is 1.89. The summed E-state index contributed by atoms with van der Waals surface area (Å²) in [7, 11) is -1.92. The fourth-order valence-corrected chi connectivity index (χ4v) is 3.69. The Hall–Kier alpha value is -0.780. The van der Waals surface area contributed by atoms with Gasteiger partial charge < -0.3 is 10.1 Å². The molecule has 0 aromatic heterocycles. The average molecular weight is 304 g/mol. The second-order valence-corrected chi connectivity index (χ2v) is 7.22. The third-order valence-corrected chi connectivity index (χ3v) is 4.83. The molecule has 1 fully saturated rings. The van der Waals surface area contributed by atoms with Gasteiger partial charge in [0.25, 0.3) is 0 Å². The first-order valence-corrected chi connectivity index (χ1v) is 8.48. The summed E-state index contributed by atoms with van der Waals surface area (Å²) in [6.07, 6.45) is 3.16. The number of ether oxygens (including phenoxy) is 1. The van der Waals surface area contributed by atoms with Crippen LogP contribution in [0.1, 0.15) is 24.3 Å². The summed E-state index contributed by atoms with van der Waals surface area (Å²) in [5, 5.41) is 3.65. The lowest BCUT2D eigenvalue weighted by Crippen LogP contribution is -2.26. The maximum absolute atomic E-state index is 11.8. The molecule has 4 nitrogen and oxygen atoms in total. The summed E-state index contributed by atoms with van der Waals surface area (Å²) in [6, 6.07) is 3.53. The Bertz CT molecular complexity index is 565. The van der Waals surface area contributed by atoms with Crippen LogP contribution >= 0.6 is 11.6 Å². The number of halogens is 1. The number of benzene rings is 1. The van der Waals surface area contributed by atoms with Crippen molar-refractivity contribution in [1.82, 2.24) is 5.32 Å². The van der Waals surface area contributed by atoms with Gasteiger partial charge >= 0.3 is 0 Å². The molecule has 0 spiro atoms. The molecule has 6 heteroatoms. The molecule has 1 N–H and O–H groups in total. The monoisotopic (exact) mass is 303 g/mol. The van der Waals surface area contributed by atoms with E-state index in [1.807, 2.05) is 6.07 Å². The highest BCUT2D eigenvalue weighted by Crippen LogP contribution is 2.37. The van der Waals surface area contributed by atoms with Crippen LogP contribution in [-0.4, -0.2) is 34.9 Å². The number of sulfone groups is 1. The third kappa shape index (κ3) is 3.22. The normalized spacial score (nSPS) is 17.4. The number of rotatable bonds is 3. The Labute approximate surface area is 119 Å². The molecule has 0 unspecified atom stereocenters. The topological polar surface area (TPSA) is 55.4 Å². The van der Waals surface area contributed by atoms with Crippen molar-refractivity contribution in [1.29, 1.82) is 0 Å². The van der Waals surface area contributed by atoms with Crippen molar-refractivity contribution in [2.24, 2.45) is 0 Å². The Kier molecular flexibility index (Phi) is 4.38. The van der Waals surface area contributed by atoms with E-state index in [0.717, 1.165) is 31.5 Å². The van der Waals surface area contributed by atoms with Crippen molar-refractivity contribution in [2.75, 3.05) is 26.5 Å². The van der Waals surface area contributed by atoms with Crippen LogP contribution in [0.3, 0.4) is 0 Å². The van der Waals surface area contributed by atoms with Gasteiger partial charge in [0, 0.05) is 6.26 Å². The maximum Gasteiger partial charge on any atom is 0.179 e. The maximum atomic E-state index is 11.8. The summed E-state index contributed by atoms with van der Waals surface area (Å²) in [5.41, 5.74) is 0.979. The Morgan fingerprint density at radius 3 is 2.47 bits per heavy atom. The van der Waals surface area contributed by atoms with Crippen molar-refractivity contribution in [3.63, 3.8) is 0 Å². The number of methoxy groups -OCH3 is 1. The van der Waals surface area contributed by atoms with Gasteiger partial charge in [-0.2, -0.15) is 0 Å². The number of nitrogens with one attached hydrogen (secondary N) is 1. The van der Waals surface area contributed by atoms with Crippen LogP contribution in [-0.2, 0) is 9.84 Å². The number of hydrogen-bond acceptors (Lipinski definition) is 4. The van der Waals surface area contributed by atoms with E-state index in [-0.39, 0.29) is 10.6 Å². The molecule has 0 aliphatic carbocycles. The van der Waals surface area contributed by atoms with Crippen LogP contribution in [0.15, 0.2) is 17.0 Å². The second-order valence-electron chi connectivity index (χ2n) is 4.83. The molecule has 1 aliphatic rings. The SMILES string of the molecule is COc1c(Cl)cc(C2CCNCC2)cc1S(C)(=O)=O. The van der Waals surface area contributed by atoms with Crippen LogP contribution in [0, 0.1) is 0 Å². The first-order chi connectivity index (χ1) is 8.93. The molecule has 0 saturated carbocycles. The lowest BCUT2D eigenvalue weighted by Gasteiger charge is -2.24. The summed E-state index contributed by atoms with van der Waals surface area (Å²) < 4.78 is 28.8. The first-order valence-electron chi connectivity index (χ1n) is 6.21. The van der Waals surface area contributed by atoms with Crippen molar-refractivity contribution in [3.05, 3.63) is 22.7 Å². The highest BCUT2D eigenvalue weighted by molar-refractivity contribution is 7.90. The minimum Gasteiger partial charge on any atom is -0.494 e. The van der Waals surface area contributed by atoms with E-state index in [9.17, 15) is 8.42 Å². The predicted molar refractivity (Wildman–Crippen MR) is 76.0 cm³/mol. The quantitative estimate of drug-likeness (QED) is 0.930. The van der Waals surface area contributed by atoms with Gasteiger partial charge in [-0.05, 0) is 49.5 Å². The Balaban J connectivity index is 2.50. The van der Waals surface area contributed by atoms with E-state index in [0.29, 0.717) is 10.9 Å². The standard InChI is InChI=1S/C13H18ClNO3S/c1-18-13-11(14)7-10(8-12(13)19(2,16)17)9-3-5-15-6-4-9/h7-9,15H,3-6H2,1-2H3. The van der Waals surface area contributed by atoms with E-state index >= 15 is 0 Å². The molecular formula is C13H18ClNO3S. The molecule has 1 aliphatic heterocycles. The predicted octanol–water partition coefficient (Wildman–Crippen LogP) is 2.22. The number of hydrogen-bond donors (Lipinski definition) is 1. The molecule has 0 bridgehead atoms. The van der Waals surface area contributed by atoms with Crippen LogP contribution in [0.4, 0.5) is 0 Å². The van der Waals surface area contributed by atoms with Crippen LogP contribution in [0.5, 0.6) is 5.75 Å². The molecule has 0 atom stereocenters. The van der Waals surface area contributed by atoms with Crippen molar-refractivity contribution in [3.8, 4) is 5.75 Å². The van der Waals surface area contributed by atoms with E-state index < -0.39 is 9.84 Å². The average Bonchev–Trinajstić information content (AvgIpc) is 2.37. The van der Waals surface area contributed by atoms with Crippen LogP contribution < -0.4 is 10.1 Å². The molecule has 0 radical (unpaired) electrons. The van der Waals surface area contributed by atoms with Gasteiger partial charge in [-0.15, -0.1) is 0 Å². The highest BCUT2D eigenvalue weighted by Gasteiger charge is 2.22. The lowest BCUT2D eigenvalue weighted by atomic mass is 9.90. The first kappa shape index (κ1) is 14.6.